The lowest BCUT2D eigenvalue weighted by Crippen LogP contribution is -2.25. The summed E-state index contributed by atoms with van der Waals surface area (Å²) >= 11 is 0. The minimum atomic E-state index is -0.345. The van der Waals surface area contributed by atoms with E-state index in [4.69, 9.17) is 11.1 Å². The lowest BCUT2D eigenvalue weighted by molar-refractivity contribution is 0.133. The van der Waals surface area contributed by atoms with Gasteiger partial charge in [0.05, 0.1) is 11.8 Å². The molecule has 3 unspecified atom stereocenters. The van der Waals surface area contributed by atoms with Crippen LogP contribution in [0.15, 0.2) is 18.2 Å². The molecule has 1 aromatic carbocycles. The average molecular weight is 263 g/mol. The first kappa shape index (κ1) is 12.4. The van der Waals surface area contributed by atoms with Gasteiger partial charge in [0.1, 0.15) is 11.7 Å². The van der Waals surface area contributed by atoms with Crippen LogP contribution in [0.4, 0.5) is 10.1 Å². The number of nitrogens with two attached hydrogens (primary N) is 1. The smallest absolute Gasteiger partial charge is 0.147 e. The molecule has 5 heteroatoms. The minimum Gasteiger partial charge on any atom is -0.393 e. The first-order chi connectivity index (χ1) is 9.06. The van der Waals surface area contributed by atoms with Crippen molar-refractivity contribution in [2.24, 2.45) is 17.6 Å². The maximum Gasteiger partial charge on any atom is 0.147 e. The van der Waals surface area contributed by atoms with E-state index in [1.54, 1.807) is 12.1 Å². The molecule has 1 aliphatic carbocycles. The number of nitrogen functional groups attached to an aromatic ring is 1. The van der Waals surface area contributed by atoms with Crippen molar-refractivity contribution in [2.75, 3.05) is 18.0 Å². The van der Waals surface area contributed by atoms with E-state index >= 15 is 0 Å². The van der Waals surface area contributed by atoms with E-state index in [1.165, 1.54) is 6.07 Å². The zero-order valence-electron chi connectivity index (χ0n) is 10.6. The van der Waals surface area contributed by atoms with Gasteiger partial charge in [0, 0.05) is 24.6 Å². The molecule has 102 valence electrons. The Morgan fingerprint density at radius 3 is 2.79 bits per heavy atom. The number of nitrogens with one attached hydrogen (secondary N) is 1. The number of amidine groups is 1. The van der Waals surface area contributed by atoms with Gasteiger partial charge in [-0.05, 0) is 37.0 Å². The number of aliphatic hydroxyl groups is 1. The Hall–Kier alpha value is -1.62. The lowest BCUT2D eigenvalue weighted by atomic mass is 10.00. The Kier molecular flexibility index (Phi) is 2.93. The number of halogens is 1. The predicted molar refractivity (Wildman–Crippen MR) is 71.8 cm³/mol. The third-order valence-corrected chi connectivity index (χ3v) is 4.42. The maximum absolute atomic E-state index is 14.1. The van der Waals surface area contributed by atoms with Gasteiger partial charge in [-0.15, -0.1) is 0 Å². The highest BCUT2D eigenvalue weighted by atomic mass is 19.1. The highest BCUT2D eigenvalue weighted by molar-refractivity contribution is 5.95. The molecular weight excluding hydrogens is 245 g/mol. The molecule has 4 N–H and O–H groups in total. The summed E-state index contributed by atoms with van der Waals surface area (Å²) in [5.74, 6) is 0.273. The molecule has 0 spiro atoms. The van der Waals surface area contributed by atoms with Gasteiger partial charge in [-0.2, -0.15) is 0 Å². The van der Waals surface area contributed by atoms with Crippen LogP contribution in [0.5, 0.6) is 0 Å². The van der Waals surface area contributed by atoms with Crippen LogP contribution in [0.1, 0.15) is 18.4 Å². The highest BCUT2D eigenvalue weighted by Crippen LogP contribution is 2.40. The fraction of sp³-hybridized carbons (Fsp3) is 0.500. The summed E-state index contributed by atoms with van der Waals surface area (Å²) in [5.41, 5.74) is 6.30. The van der Waals surface area contributed by atoms with Crippen LogP contribution in [0.25, 0.3) is 0 Å². The summed E-state index contributed by atoms with van der Waals surface area (Å²) in [4.78, 5) is 2.00. The minimum absolute atomic E-state index is 0.126. The summed E-state index contributed by atoms with van der Waals surface area (Å²) in [6.45, 7) is 1.51. The molecule has 1 saturated carbocycles. The van der Waals surface area contributed by atoms with Gasteiger partial charge >= 0.3 is 0 Å². The molecule has 1 aliphatic heterocycles. The van der Waals surface area contributed by atoms with Gasteiger partial charge in [-0.1, -0.05) is 0 Å². The first-order valence-corrected chi connectivity index (χ1v) is 6.63. The van der Waals surface area contributed by atoms with Crippen molar-refractivity contribution < 1.29 is 9.50 Å². The summed E-state index contributed by atoms with van der Waals surface area (Å²) in [7, 11) is 0. The van der Waals surface area contributed by atoms with Crippen molar-refractivity contribution in [3.8, 4) is 0 Å². The molecule has 1 saturated heterocycles. The molecule has 2 aliphatic rings. The molecule has 4 nitrogen and oxygen atoms in total. The van der Waals surface area contributed by atoms with E-state index in [-0.39, 0.29) is 23.7 Å². The van der Waals surface area contributed by atoms with Crippen LogP contribution >= 0.6 is 0 Å². The van der Waals surface area contributed by atoms with Crippen LogP contribution in [-0.4, -0.2) is 30.1 Å². The molecule has 3 atom stereocenters. The zero-order valence-corrected chi connectivity index (χ0v) is 10.6. The Morgan fingerprint density at radius 2 is 2.16 bits per heavy atom. The number of hydrogen-bond acceptors (Lipinski definition) is 3. The zero-order chi connectivity index (χ0) is 13.6. The molecule has 2 fully saturated rings. The molecular formula is C14H18FN3O. The van der Waals surface area contributed by atoms with E-state index in [0.29, 0.717) is 23.7 Å². The standard InChI is InChI=1S/C14H18FN3O/c15-11-5-8(14(16)17)1-3-12(11)18-6-9-2-4-13(19)10(9)7-18/h1,3,5,9-10,13,19H,2,4,6-7H2,(H3,16,17). The fourth-order valence-corrected chi connectivity index (χ4v) is 3.36. The van der Waals surface area contributed by atoms with Crippen LogP contribution in [0, 0.1) is 23.1 Å². The van der Waals surface area contributed by atoms with Crippen molar-refractivity contribution >= 4 is 11.5 Å². The first-order valence-electron chi connectivity index (χ1n) is 6.63. The Bertz CT molecular complexity index is 519. The Morgan fingerprint density at radius 1 is 1.37 bits per heavy atom. The van der Waals surface area contributed by atoms with Gasteiger partial charge in [0.15, 0.2) is 0 Å². The van der Waals surface area contributed by atoms with Crippen LogP contribution < -0.4 is 10.6 Å². The third kappa shape index (κ3) is 2.08. The molecule has 1 heterocycles. The van der Waals surface area contributed by atoms with Gasteiger partial charge < -0.3 is 15.7 Å². The molecule has 3 rings (SSSR count). The van der Waals surface area contributed by atoms with Gasteiger partial charge in [-0.25, -0.2) is 4.39 Å². The van der Waals surface area contributed by atoms with E-state index in [9.17, 15) is 9.50 Å². The number of hydrogen-bond donors (Lipinski definition) is 3. The topological polar surface area (TPSA) is 73.3 Å². The Balaban J connectivity index is 1.82. The van der Waals surface area contributed by atoms with Crippen LogP contribution in [0.3, 0.4) is 0 Å². The second-order valence-corrected chi connectivity index (χ2v) is 5.55. The normalized spacial score (nSPS) is 29.6. The number of benzene rings is 1. The molecule has 0 bridgehead atoms. The SMILES string of the molecule is N=C(N)c1ccc(N2CC3CCC(O)C3C2)c(F)c1. The van der Waals surface area contributed by atoms with Gasteiger partial charge in [-0.3, -0.25) is 5.41 Å². The Labute approximate surface area is 111 Å². The molecule has 0 amide bonds. The number of anilines is 1. The summed E-state index contributed by atoms with van der Waals surface area (Å²) in [6.07, 6.45) is 1.65. The van der Waals surface area contributed by atoms with Crippen molar-refractivity contribution in [1.29, 1.82) is 5.41 Å². The van der Waals surface area contributed by atoms with E-state index in [0.717, 1.165) is 19.4 Å². The molecule has 1 aromatic rings. The van der Waals surface area contributed by atoms with Gasteiger partial charge in [0.2, 0.25) is 0 Å². The van der Waals surface area contributed by atoms with Gasteiger partial charge in [0.25, 0.3) is 0 Å². The summed E-state index contributed by atoms with van der Waals surface area (Å²) in [6, 6.07) is 4.66. The molecule has 0 radical (unpaired) electrons. The van der Waals surface area contributed by atoms with Crippen molar-refractivity contribution in [3.05, 3.63) is 29.6 Å². The monoisotopic (exact) mass is 263 g/mol. The van der Waals surface area contributed by atoms with Crippen molar-refractivity contribution in [1.82, 2.24) is 0 Å². The van der Waals surface area contributed by atoms with Crippen LogP contribution in [-0.2, 0) is 0 Å². The van der Waals surface area contributed by atoms with Crippen molar-refractivity contribution in [3.63, 3.8) is 0 Å². The molecule has 19 heavy (non-hydrogen) atoms. The van der Waals surface area contributed by atoms with E-state index in [2.05, 4.69) is 0 Å². The van der Waals surface area contributed by atoms with E-state index in [1.807, 2.05) is 4.90 Å². The highest BCUT2D eigenvalue weighted by Gasteiger charge is 2.42. The van der Waals surface area contributed by atoms with Crippen LogP contribution in [0.2, 0.25) is 0 Å². The fourth-order valence-electron chi connectivity index (χ4n) is 3.36. The second kappa shape index (κ2) is 4.49. The average Bonchev–Trinajstić information content (AvgIpc) is 2.92. The quantitative estimate of drug-likeness (QED) is 0.556. The lowest BCUT2D eigenvalue weighted by Gasteiger charge is -2.21. The van der Waals surface area contributed by atoms with Crippen molar-refractivity contribution in [2.45, 2.75) is 18.9 Å². The largest absolute Gasteiger partial charge is 0.393 e. The summed E-state index contributed by atoms with van der Waals surface area (Å²) in [5, 5.41) is 17.2. The number of fused-ring (bicyclic) bond motifs is 1. The van der Waals surface area contributed by atoms with E-state index < -0.39 is 0 Å². The predicted octanol–water partition coefficient (Wildman–Crippen LogP) is 1.32. The second-order valence-electron chi connectivity index (χ2n) is 5.55. The molecule has 0 aromatic heterocycles. The third-order valence-electron chi connectivity index (χ3n) is 4.42. The summed E-state index contributed by atoms with van der Waals surface area (Å²) < 4.78 is 14.1. The maximum atomic E-state index is 14.1. The number of rotatable bonds is 2. The number of aliphatic hydroxyl groups excluding tert-OH is 1. The number of nitrogens with zero attached hydrogens (tertiary/aromatic N) is 1.